The predicted octanol–water partition coefficient (Wildman–Crippen LogP) is 1.85. The van der Waals surface area contributed by atoms with Crippen molar-refractivity contribution in [3.05, 3.63) is 52.8 Å². The van der Waals surface area contributed by atoms with Gasteiger partial charge in [-0.25, -0.2) is 0 Å². The van der Waals surface area contributed by atoms with Crippen LogP contribution in [0, 0.1) is 13.8 Å². The third-order valence-electron chi connectivity index (χ3n) is 3.29. The number of methoxy groups -OCH3 is 1. The molecule has 0 amide bonds. The minimum atomic E-state index is -0.00342. The standard InChI is InChI=1S/C15H20N4O/c1-10-7-14(11(2)19-18-10)15(17-16)9-12-5-4-6-13(8-12)20-3/h4-8,15,17H,9,16H2,1-3H3. The van der Waals surface area contributed by atoms with Gasteiger partial charge >= 0.3 is 0 Å². The SMILES string of the molecule is COc1cccc(CC(NN)c2cc(C)nnc2C)c1. The smallest absolute Gasteiger partial charge is 0.119 e. The van der Waals surface area contributed by atoms with E-state index in [4.69, 9.17) is 10.6 Å². The fourth-order valence-corrected chi connectivity index (χ4v) is 2.22. The Kier molecular flexibility index (Phi) is 4.65. The van der Waals surface area contributed by atoms with E-state index < -0.39 is 0 Å². The van der Waals surface area contributed by atoms with Crippen LogP contribution in [-0.2, 0) is 6.42 Å². The maximum absolute atomic E-state index is 5.71. The molecule has 3 N–H and O–H groups in total. The van der Waals surface area contributed by atoms with E-state index in [2.05, 4.69) is 21.7 Å². The molecule has 2 aromatic rings. The summed E-state index contributed by atoms with van der Waals surface area (Å²) >= 11 is 0. The number of ether oxygens (including phenoxy) is 1. The van der Waals surface area contributed by atoms with Crippen LogP contribution in [-0.4, -0.2) is 17.3 Å². The Balaban J connectivity index is 2.26. The molecule has 5 heteroatoms. The van der Waals surface area contributed by atoms with Gasteiger partial charge in [0, 0.05) is 0 Å². The highest BCUT2D eigenvalue weighted by Crippen LogP contribution is 2.22. The Morgan fingerprint density at radius 1 is 1.25 bits per heavy atom. The zero-order chi connectivity index (χ0) is 14.5. The molecule has 0 saturated carbocycles. The fourth-order valence-electron chi connectivity index (χ4n) is 2.22. The third-order valence-corrected chi connectivity index (χ3v) is 3.29. The van der Waals surface area contributed by atoms with Crippen molar-refractivity contribution in [2.24, 2.45) is 5.84 Å². The van der Waals surface area contributed by atoms with Crippen LogP contribution in [0.3, 0.4) is 0 Å². The van der Waals surface area contributed by atoms with Gasteiger partial charge in [-0.2, -0.15) is 10.2 Å². The van der Waals surface area contributed by atoms with Crippen LogP contribution in [0.15, 0.2) is 30.3 Å². The van der Waals surface area contributed by atoms with E-state index in [0.717, 1.165) is 34.7 Å². The molecule has 1 atom stereocenters. The van der Waals surface area contributed by atoms with E-state index in [-0.39, 0.29) is 6.04 Å². The summed E-state index contributed by atoms with van der Waals surface area (Å²) in [7, 11) is 1.66. The van der Waals surface area contributed by atoms with Crippen molar-refractivity contribution in [2.75, 3.05) is 7.11 Å². The summed E-state index contributed by atoms with van der Waals surface area (Å²) in [4.78, 5) is 0. The molecule has 0 radical (unpaired) electrons. The lowest BCUT2D eigenvalue weighted by Crippen LogP contribution is -2.30. The van der Waals surface area contributed by atoms with E-state index in [9.17, 15) is 0 Å². The second kappa shape index (κ2) is 6.45. The number of benzene rings is 1. The molecule has 2 rings (SSSR count). The van der Waals surface area contributed by atoms with E-state index in [1.807, 2.05) is 38.1 Å². The first-order valence-electron chi connectivity index (χ1n) is 6.54. The Labute approximate surface area is 119 Å². The summed E-state index contributed by atoms with van der Waals surface area (Å²) in [5.41, 5.74) is 6.87. The quantitative estimate of drug-likeness (QED) is 0.642. The molecule has 5 nitrogen and oxygen atoms in total. The van der Waals surface area contributed by atoms with Crippen LogP contribution in [0.4, 0.5) is 0 Å². The minimum absolute atomic E-state index is 0.00342. The lowest BCUT2D eigenvalue weighted by molar-refractivity contribution is 0.414. The molecule has 0 fully saturated rings. The van der Waals surface area contributed by atoms with Crippen LogP contribution in [0.25, 0.3) is 0 Å². The van der Waals surface area contributed by atoms with Gasteiger partial charge in [-0.15, -0.1) is 0 Å². The van der Waals surface area contributed by atoms with E-state index in [1.54, 1.807) is 7.11 Å². The summed E-state index contributed by atoms with van der Waals surface area (Å²) in [5.74, 6) is 6.56. The van der Waals surface area contributed by atoms with Gasteiger partial charge in [-0.1, -0.05) is 12.1 Å². The molecule has 1 aromatic carbocycles. The van der Waals surface area contributed by atoms with Crippen molar-refractivity contribution in [1.82, 2.24) is 15.6 Å². The lowest BCUT2D eigenvalue weighted by Gasteiger charge is -2.18. The number of aryl methyl sites for hydroxylation is 2. The average Bonchev–Trinajstić information content (AvgIpc) is 2.47. The van der Waals surface area contributed by atoms with Gasteiger partial charge < -0.3 is 4.74 Å². The Morgan fingerprint density at radius 2 is 2.05 bits per heavy atom. The first kappa shape index (κ1) is 14.4. The third kappa shape index (κ3) is 3.31. The molecule has 0 bridgehead atoms. The minimum Gasteiger partial charge on any atom is -0.497 e. The van der Waals surface area contributed by atoms with Crippen molar-refractivity contribution in [1.29, 1.82) is 0 Å². The molecule has 0 aliphatic carbocycles. The van der Waals surface area contributed by atoms with Crippen LogP contribution < -0.4 is 16.0 Å². The molecule has 0 spiro atoms. The number of nitrogens with one attached hydrogen (secondary N) is 1. The normalized spacial score (nSPS) is 12.2. The van der Waals surface area contributed by atoms with E-state index in [0.29, 0.717) is 0 Å². The topological polar surface area (TPSA) is 73.1 Å². The Hall–Kier alpha value is -1.98. The summed E-state index contributed by atoms with van der Waals surface area (Å²) in [6.45, 7) is 3.87. The highest BCUT2D eigenvalue weighted by Gasteiger charge is 2.15. The van der Waals surface area contributed by atoms with Gasteiger partial charge in [0.05, 0.1) is 24.5 Å². The second-order valence-electron chi connectivity index (χ2n) is 4.80. The van der Waals surface area contributed by atoms with Crippen LogP contribution in [0.1, 0.15) is 28.6 Å². The van der Waals surface area contributed by atoms with Crippen molar-refractivity contribution >= 4 is 0 Å². The number of hydrogen-bond donors (Lipinski definition) is 2. The van der Waals surface area contributed by atoms with E-state index >= 15 is 0 Å². The first-order valence-corrected chi connectivity index (χ1v) is 6.54. The summed E-state index contributed by atoms with van der Waals surface area (Å²) < 4.78 is 5.24. The number of hydrazine groups is 1. The predicted molar refractivity (Wildman–Crippen MR) is 78.3 cm³/mol. The number of aromatic nitrogens is 2. The van der Waals surface area contributed by atoms with Gasteiger partial charge in [0.2, 0.25) is 0 Å². The van der Waals surface area contributed by atoms with E-state index in [1.165, 1.54) is 0 Å². The van der Waals surface area contributed by atoms with Crippen molar-refractivity contribution < 1.29 is 4.74 Å². The summed E-state index contributed by atoms with van der Waals surface area (Å²) in [6.07, 6.45) is 0.764. The van der Waals surface area contributed by atoms with Crippen LogP contribution >= 0.6 is 0 Å². The van der Waals surface area contributed by atoms with Gasteiger partial charge in [-0.05, 0) is 49.6 Å². The first-order chi connectivity index (χ1) is 9.63. The van der Waals surface area contributed by atoms with Crippen molar-refractivity contribution in [3.63, 3.8) is 0 Å². The second-order valence-corrected chi connectivity index (χ2v) is 4.80. The Morgan fingerprint density at radius 3 is 2.75 bits per heavy atom. The van der Waals surface area contributed by atoms with Gasteiger partial charge in [0.15, 0.2) is 0 Å². The van der Waals surface area contributed by atoms with Crippen LogP contribution in [0.5, 0.6) is 5.75 Å². The molecular weight excluding hydrogens is 252 g/mol. The molecule has 1 unspecified atom stereocenters. The molecule has 106 valence electrons. The zero-order valence-corrected chi connectivity index (χ0v) is 12.1. The number of hydrogen-bond acceptors (Lipinski definition) is 5. The van der Waals surface area contributed by atoms with Crippen LogP contribution in [0.2, 0.25) is 0 Å². The largest absolute Gasteiger partial charge is 0.497 e. The summed E-state index contributed by atoms with van der Waals surface area (Å²) in [5, 5.41) is 8.20. The van der Waals surface area contributed by atoms with Gasteiger partial charge in [-0.3, -0.25) is 11.3 Å². The van der Waals surface area contributed by atoms with Gasteiger partial charge in [0.1, 0.15) is 5.75 Å². The van der Waals surface area contributed by atoms with Gasteiger partial charge in [0.25, 0.3) is 0 Å². The zero-order valence-electron chi connectivity index (χ0n) is 12.1. The number of nitrogens with zero attached hydrogens (tertiary/aromatic N) is 2. The molecule has 0 saturated heterocycles. The summed E-state index contributed by atoms with van der Waals surface area (Å²) in [6, 6.07) is 10.00. The van der Waals surface area contributed by atoms with Crippen molar-refractivity contribution in [2.45, 2.75) is 26.3 Å². The highest BCUT2D eigenvalue weighted by molar-refractivity contribution is 5.31. The van der Waals surface area contributed by atoms with Crippen molar-refractivity contribution in [3.8, 4) is 5.75 Å². The molecule has 1 heterocycles. The monoisotopic (exact) mass is 272 g/mol. The molecular formula is C15H20N4O. The molecule has 0 aliphatic rings. The molecule has 1 aromatic heterocycles. The maximum atomic E-state index is 5.71. The lowest BCUT2D eigenvalue weighted by atomic mass is 9.98. The molecule has 0 aliphatic heterocycles. The fraction of sp³-hybridized carbons (Fsp3) is 0.333. The highest BCUT2D eigenvalue weighted by atomic mass is 16.5. The molecule has 20 heavy (non-hydrogen) atoms. The Bertz CT molecular complexity index is 586. The number of nitrogens with two attached hydrogens (primary N) is 1. The maximum Gasteiger partial charge on any atom is 0.119 e. The average molecular weight is 272 g/mol. The number of rotatable bonds is 5.